The van der Waals surface area contributed by atoms with Crippen LogP contribution in [0.4, 0.5) is 0 Å². The molecule has 1 aliphatic rings. The van der Waals surface area contributed by atoms with Crippen molar-refractivity contribution in [2.45, 2.75) is 34.1 Å². The number of aryl methyl sites for hydroxylation is 1. The zero-order chi connectivity index (χ0) is 12.4. The normalized spacial score (nSPS) is 11.3. The van der Waals surface area contributed by atoms with Gasteiger partial charge in [0.15, 0.2) is 0 Å². The highest BCUT2D eigenvalue weighted by Gasteiger charge is 2.19. The summed E-state index contributed by atoms with van der Waals surface area (Å²) in [4.78, 5) is 0. The maximum absolute atomic E-state index is 2.28. The lowest BCUT2D eigenvalue weighted by Crippen LogP contribution is -1.87. The van der Waals surface area contributed by atoms with Crippen molar-refractivity contribution in [1.29, 1.82) is 0 Å². The van der Waals surface area contributed by atoms with Crippen LogP contribution in [0.25, 0.3) is 11.1 Å². The predicted molar refractivity (Wildman–Crippen MR) is 75.5 cm³/mol. The molecule has 0 heterocycles. The Morgan fingerprint density at radius 2 is 1.53 bits per heavy atom. The van der Waals surface area contributed by atoms with Crippen molar-refractivity contribution in [1.82, 2.24) is 0 Å². The van der Waals surface area contributed by atoms with Crippen LogP contribution in [0.2, 0.25) is 0 Å². The van der Waals surface area contributed by atoms with Crippen LogP contribution in [0, 0.1) is 13.8 Å². The summed E-state index contributed by atoms with van der Waals surface area (Å²) in [5.41, 5.74) is 8.71. The molecule has 0 fully saturated rings. The fraction of sp³-hybridized carbons (Fsp3) is 0.294. The molecule has 0 heteroatoms. The summed E-state index contributed by atoms with van der Waals surface area (Å²) in [5.74, 6) is 0. The van der Waals surface area contributed by atoms with Crippen LogP contribution in [0.1, 0.15) is 36.1 Å². The second-order valence-corrected chi connectivity index (χ2v) is 4.38. The summed E-state index contributed by atoms with van der Waals surface area (Å²) in [7, 11) is 0. The minimum absolute atomic E-state index is 1.10. The fourth-order valence-corrected chi connectivity index (χ4v) is 2.52. The van der Waals surface area contributed by atoms with Gasteiger partial charge in [-0.15, -0.1) is 0 Å². The van der Waals surface area contributed by atoms with Crippen LogP contribution < -0.4 is 0 Å². The van der Waals surface area contributed by atoms with Gasteiger partial charge in [-0.1, -0.05) is 50.2 Å². The lowest BCUT2D eigenvalue weighted by atomic mass is 9.97. The summed E-state index contributed by atoms with van der Waals surface area (Å²) < 4.78 is 0. The van der Waals surface area contributed by atoms with Crippen LogP contribution in [0.15, 0.2) is 36.4 Å². The van der Waals surface area contributed by atoms with E-state index in [-0.39, 0.29) is 0 Å². The van der Waals surface area contributed by atoms with Crippen LogP contribution in [-0.4, -0.2) is 0 Å². The predicted octanol–water partition coefficient (Wildman–Crippen LogP) is 4.90. The molecule has 1 aliphatic carbocycles. The number of fused-ring (bicyclic) bond motifs is 3. The van der Waals surface area contributed by atoms with Crippen LogP contribution in [0.5, 0.6) is 0 Å². The van der Waals surface area contributed by atoms with Gasteiger partial charge in [-0.3, -0.25) is 0 Å². The van der Waals surface area contributed by atoms with Crippen LogP contribution >= 0.6 is 0 Å². The van der Waals surface area contributed by atoms with Crippen molar-refractivity contribution >= 4 is 0 Å². The number of hydrogen-bond acceptors (Lipinski definition) is 0. The van der Waals surface area contributed by atoms with E-state index in [2.05, 4.69) is 50.2 Å². The lowest BCUT2D eigenvalue weighted by molar-refractivity contribution is 1.24. The maximum atomic E-state index is 2.28. The average molecular weight is 224 g/mol. The summed E-state index contributed by atoms with van der Waals surface area (Å²) in [5, 5.41) is 0. The molecule has 17 heavy (non-hydrogen) atoms. The summed E-state index contributed by atoms with van der Waals surface area (Å²) in [6, 6.07) is 13.3. The van der Waals surface area contributed by atoms with E-state index in [1.807, 2.05) is 13.8 Å². The van der Waals surface area contributed by atoms with E-state index in [0.717, 1.165) is 6.42 Å². The molecular weight excluding hydrogens is 204 g/mol. The van der Waals surface area contributed by atoms with E-state index in [1.54, 1.807) is 0 Å². The fourth-order valence-electron chi connectivity index (χ4n) is 2.52. The zero-order valence-electron chi connectivity index (χ0n) is 11.2. The number of benzene rings is 2. The minimum Gasteiger partial charge on any atom is -0.0683 e. The molecule has 0 N–H and O–H groups in total. The molecule has 0 atom stereocenters. The molecule has 0 radical (unpaired) electrons. The molecule has 3 rings (SSSR count). The first-order valence-electron chi connectivity index (χ1n) is 6.45. The van der Waals surface area contributed by atoms with Gasteiger partial charge >= 0.3 is 0 Å². The molecular formula is C17H20. The molecule has 2 aromatic carbocycles. The van der Waals surface area contributed by atoms with Gasteiger partial charge in [-0.2, -0.15) is 0 Å². The quantitative estimate of drug-likeness (QED) is 0.509. The third kappa shape index (κ3) is 1.88. The Labute approximate surface area is 104 Å². The average Bonchev–Trinajstić information content (AvgIpc) is 2.75. The van der Waals surface area contributed by atoms with Crippen molar-refractivity contribution in [2.75, 3.05) is 0 Å². The van der Waals surface area contributed by atoms with E-state index in [9.17, 15) is 0 Å². The Kier molecular flexibility index (Phi) is 3.33. The molecule has 0 spiro atoms. The molecule has 2 aromatic rings. The standard InChI is InChI=1S/C15H14.C2H6/c1-10-7-8-13-9-12-5-3-4-6-14(12)15(13)11(10)2;1-2/h3-8H,9H2,1-2H3;1-2H3. The van der Waals surface area contributed by atoms with E-state index >= 15 is 0 Å². The van der Waals surface area contributed by atoms with Crippen LogP contribution in [0.3, 0.4) is 0 Å². The Bertz CT molecular complexity index is 536. The highest BCUT2D eigenvalue weighted by atomic mass is 14.2. The first-order valence-corrected chi connectivity index (χ1v) is 6.45. The van der Waals surface area contributed by atoms with E-state index < -0.39 is 0 Å². The van der Waals surface area contributed by atoms with E-state index in [4.69, 9.17) is 0 Å². The Morgan fingerprint density at radius 3 is 2.29 bits per heavy atom. The Morgan fingerprint density at radius 1 is 0.824 bits per heavy atom. The highest BCUT2D eigenvalue weighted by Crippen LogP contribution is 2.39. The van der Waals surface area contributed by atoms with Gasteiger partial charge in [0.05, 0.1) is 0 Å². The van der Waals surface area contributed by atoms with Gasteiger partial charge in [0.1, 0.15) is 0 Å². The molecule has 0 amide bonds. The smallest absolute Gasteiger partial charge is 0.00133 e. The number of rotatable bonds is 0. The lowest BCUT2D eigenvalue weighted by Gasteiger charge is -2.08. The van der Waals surface area contributed by atoms with E-state index in [1.165, 1.54) is 33.4 Å². The third-order valence-electron chi connectivity index (χ3n) is 3.49. The number of hydrogen-bond donors (Lipinski definition) is 0. The molecule has 0 unspecified atom stereocenters. The summed E-state index contributed by atoms with van der Waals surface area (Å²) >= 11 is 0. The molecule has 0 nitrogen and oxygen atoms in total. The molecule has 0 saturated heterocycles. The first kappa shape index (κ1) is 11.9. The van der Waals surface area contributed by atoms with Crippen molar-refractivity contribution in [3.05, 3.63) is 58.7 Å². The topological polar surface area (TPSA) is 0 Å². The molecule has 0 aliphatic heterocycles. The molecule has 88 valence electrons. The van der Waals surface area contributed by atoms with Gasteiger partial charge in [0, 0.05) is 0 Å². The second-order valence-electron chi connectivity index (χ2n) is 4.38. The summed E-state index contributed by atoms with van der Waals surface area (Å²) in [6.45, 7) is 8.42. The van der Waals surface area contributed by atoms with Crippen molar-refractivity contribution in [2.24, 2.45) is 0 Å². The van der Waals surface area contributed by atoms with Gasteiger partial charge in [-0.25, -0.2) is 0 Å². The molecule has 0 aromatic heterocycles. The third-order valence-corrected chi connectivity index (χ3v) is 3.49. The minimum atomic E-state index is 1.10. The second kappa shape index (κ2) is 4.75. The maximum Gasteiger partial charge on any atom is -0.00133 e. The van der Waals surface area contributed by atoms with Crippen molar-refractivity contribution < 1.29 is 0 Å². The highest BCUT2D eigenvalue weighted by molar-refractivity contribution is 5.80. The Hall–Kier alpha value is -1.56. The van der Waals surface area contributed by atoms with Gasteiger partial charge in [0.2, 0.25) is 0 Å². The molecule has 0 saturated carbocycles. The van der Waals surface area contributed by atoms with Crippen molar-refractivity contribution in [3.63, 3.8) is 0 Å². The summed E-state index contributed by atoms with van der Waals surface area (Å²) in [6.07, 6.45) is 1.10. The Balaban J connectivity index is 0.000000514. The van der Waals surface area contributed by atoms with E-state index in [0.29, 0.717) is 0 Å². The van der Waals surface area contributed by atoms with Crippen molar-refractivity contribution in [3.8, 4) is 11.1 Å². The zero-order valence-corrected chi connectivity index (χ0v) is 11.2. The van der Waals surface area contributed by atoms with Crippen LogP contribution in [-0.2, 0) is 6.42 Å². The van der Waals surface area contributed by atoms with Gasteiger partial charge in [-0.05, 0) is 53.6 Å². The largest absolute Gasteiger partial charge is 0.0683 e. The van der Waals surface area contributed by atoms with Gasteiger partial charge in [0.25, 0.3) is 0 Å². The van der Waals surface area contributed by atoms with Gasteiger partial charge < -0.3 is 0 Å². The monoisotopic (exact) mass is 224 g/mol. The molecule has 0 bridgehead atoms. The first-order chi connectivity index (χ1) is 8.27. The SMILES string of the molecule is CC.Cc1ccc2c(c1C)-c1ccccc1C2.